The zero-order valence-corrected chi connectivity index (χ0v) is 12.0. The molecule has 21 heavy (non-hydrogen) atoms. The van der Waals surface area contributed by atoms with Crippen LogP contribution < -0.4 is 5.32 Å². The van der Waals surface area contributed by atoms with E-state index in [9.17, 15) is 4.79 Å². The Morgan fingerprint density at radius 3 is 3.10 bits per heavy atom. The van der Waals surface area contributed by atoms with E-state index in [0.29, 0.717) is 11.7 Å². The predicted octanol–water partition coefficient (Wildman–Crippen LogP) is 1.69. The van der Waals surface area contributed by atoms with Gasteiger partial charge in [-0.15, -0.1) is 0 Å². The molecule has 2 atom stereocenters. The van der Waals surface area contributed by atoms with Gasteiger partial charge in [-0.05, 0) is 37.9 Å². The number of aromatic nitrogens is 2. The van der Waals surface area contributed by atoms with Crippen molar-refractivity contribution in [1.29, 1.82) is 0 Å². The first-order chi connectivity index (χ1) is 10.3. The highest BCUT2D eigenvalue weighted by atomic mass is 16.2. The van der Waals surface area contributed by atoms with Gasteiger partial charge in [-0.2, -0.15) is 0 Å². The molecule has 2 saturated heterocycles. The molecule has 2 aliphatic heterocycles. The minimum Gasteiger partial charge on any atom is -0.346 e. The van der Waals surface area contributed by atoms with E-state index in [0.717, 1.165) is 18.6 Å². The molecule has 0 bridgehead atoms. The van der Waals surface area contributed by atoms with E-state index in [-0.39, 0.29) is 11.9 Å². The van der Waals surface area contributed by atoms with Gasteiger partial charge in [0, 0.05) is 31.0 Å². The molecule has 0 radical (unpaired) electrons. The molecular formula is C16H20N4O. The number of nitrogens with one attached hydrogen (secondary N) is 1. The number of piperidine rings is 1. The first kappa shape index (κ1) is 12.8. The van der Waals surface area contributed by atoms with Crippen molar-refractivity contribution < 1.29 is 4.79 Å². The summed E-state index contributed by atoms with van der Waals surface area (Å²) in [5.41, 5.74) is 1.32. The molecule has 2 aromatic rings. The Morgan fingerprint density at radius 1 is 1.24 bits per heavy atom. The summed E-state index contributed by atoms with van der Waals surface area (Å²) in [5, 5.41) is 3.20. The monoisotopic (exact) mass is 284 g/mol. The highest BCUT2D eigenvalue weighted by Gasteiger charge is 2.36. The highest BCUT2D eigenvalue weighted by molar-refractivity contribution is 5.93. The first-order valence-electron chi connectivity index (χ1n) is 7.80. The lowest BCUT2D eigenvalue weighted by molar-refractivity contribution is 0.0911. The van der Waals surface area contributed by atoms with Crippen LogP contribution in [0.15, 0.2) is 30.6 Å². The fourth-order valence-electron chi connectivity index (χ4n) is 3.70. The molecule has 2 aliphatic rings. The van der Waals surface area contributed by atoms with Crippen molar-refractivity contribution in [2.24, 2.45) is 0 Å². The molecule has 4 heterocycles. The second-order valence-corrected chi connectivity index (χ2v) is 6.06. The van der Waals surface area contributed by atoms with E-state index in [4.69, 9.17) is 0 Å². The molecule has 0 spiro atoms. The number of hydrogen-bond donors (Lipinski definition) is 1. The van der Waals surface area contributed by atoms with E-state index in [2.05, 4.69) is 15.2 Å². The predicted molar refractivity (Wildman–Crippen MR) is 80.3 cm³/mol. The van der Waals surface area contributed by atoms with E-state index >= 15 is 0 Å². The van der Waals surface area contributed by atoms with Crippen LogP contribution in [0.25, 0.3) is 5.65 Å². The van der Waals surface area contributed by atoms with Gasteiger partial charge in [-0.3, -0.25) is 9.69 Å². The molecular weight excluding hydrogens is 264 g/mol. The number of hydrogen-bond acceptors (Lipinski definition) is 3. The SMILES string of the molecule is O=C(N[C@H]1CCN2CCCC[C@@H]12)c1cn2ccccc2n1. The van der Waals surface area contributed by atoms with Crippen LogP contribution in [0.1, 0.15) is 36.2 Å². The maximum Gasteiger partial charge on any atom is 0.271 e. The lowest BCUT2D eigenvalue weighted by Crippen LogP contribution is -2.46. The fraction of sp³-hybridized carbons (Fsp3) is 0.500. The second kappa shape index (κ2) is 5.15. The number of fused-ring (bicyclic) bond motifs is 2. The van der Waals surface area contributed by atoms with Crippen molar-refractivity contribution in [2.45, 2.75) is 37.8 Å². The Labute approximate surface area is 124 Å². The number of imidazole rings is 1. The van der Waals surface area contributed by atoms with E-state index in [1.807, 2.05) is 28.8 Å². The molecule has 1 N–H and O–H groups in total. The van der Waals surface area contributed by atoms with Crippen LogP contribution in [0.3, 0.4) is 0 Å². The normalized spacial score (nSPS) is 25.9. The van der Waals surface area contributed by atoms with Gasteiger partial charge in [0.2, 0.25) is 0 Å². The molecule has 5 heteroatoms. The van der Waals surface area contributed by atoms with Crippen molar-refractivity contribution in [3.8, 4) is 0 Å². The Kier molecular flexibility index (Phi) is 3.15. The third-order valence-electron chi connectivity index (χ3n) is 4.77. The number of amides is 1. The summed E-state index contributed by atoms with van der Waals surface area (Å²) in [7, 11) is 0. The molecule has 0 aliphatic carbocycles. The summed E-state index contributed by atoms with van der Waals surface area (Å²) in [6.07, 6.45) is 8.56. The molecule has 2 aromatic heterocycles. The van der Waals surface area contributed by atoms with Gasteiger partial charge in [0.05, 0.1) is 0 Å². The van der Waals surface area contributed by atoms with Gasteiger partial charge in [0.25, 0.3) is 5.91 Å². The van der Waals surface area contributed by atoms with Gasteiger partial charge in [0.1, 0.15) is 11.3 Å². The number of nitrogens with zero attached hydrogens (tertiary/aromatic N) is 3. The van der Waals surface area contributed by atoms with Crippen LogP contribution in [0.2, 0.25) is 0 Å². The van der Waals surface area contributed by atoms with Crippen molar-refractivity contribution in [1.82, 2.24) is 19.6 Å². The van der Waals surface area contributed by atoms with Gasteiger partial charge >= 0.3 is 0 Å². The van der Waals surface area contributed by atoms with Gasteiger partial charge in [-0.25, -0.2) is 4.98 Å². The van der Waals surface area contributed by atoms with Crippen molar-refractivity contribution in [2.75, 3.05) is 13.1 Å². The largest absolute Gasteiger partial charge is 0.346 e. The molecule has 110 valence electrons. The third kappa shape index (κ3) is 2.31. The van der Waals surface area contributed by atoms with Crippen LogP contribution in [0.4, 0.5) is 0 Å². The van der Waals surface area contributed by atoms with Gasteiger partial charge < -0.3 is 9.72 Å². The third-order valence-corrected chi connectivity index (χ3v) is 4.77. The highest BCUT2D eigenvalue weighted by Crippen LogP contribution is 2.27. The van der Waals surface area contributed by atoms with Crippen LogP contribution in [0, 0.1) is 0 Å². The molecule has 0 aromatic carbocycles. The van der Waals surface area contributed by atoms with Crippen molar-refractivity contribution in [3.63, 3.8) is 0 Å². The Hall–Kier alpha value is -1.88. The van der Waals surface area contributed by atoms with Gasteiger partial charge in [0.15, 0.2) is 0 Å². The molecule has 4 rings (SSSR count). The zero-order chi connectivity index (χ0) is 14.2. The molecule has 5 nitrogen and oxygen atoms in total. The average Bonchev–Trinajstić information content (AvgIpc) is 3.11. The molecule has 1 amide bonds. The Morgan fingerprint density at radius 2 is 2.19 bits per heavy atom. The summed E-state index contributed by atoms with van der Waals surface area (Å²) in [6, 6.07) is 6.59. The number of carbonyl (C=O) groups excluding carboxylic acids is 1. The van der Waals surface area contributed by atoms with Gasteiger partial charge in [-0.1, -0.05) is 12.5 Å². The minimum atomic E-state index is -0.0453. The molecule has 0 saturated carbocycles. The Balaban J connectivity index is 1.50. The van der Waals surface area contributed by atoms with Crippen LogP contribution >= 0.6 is 0 Å². The first-order valence-corrected chi connectivity index (χ1v) is 7.80. The van der Waals surface area contributed by atoms with Crippen LogP contribution in [0.5, 0.6) is 0 Å². The lowest BCUT2D eigenvalue weighted by atomic mass is 9.99. The van der Waals surface area contributed by atoms with Crippen molar-refractivity contribution in [3.05, 3.63) is 36.3 Å². The molecule has 0 unspecified atom stereocenters. The van der Waals surface area contributed by atoms with Crippen molar-refractivity contribution >= 4 is 11.6 Å². The second-order valence-electron chi connectivity index (χ2n) is 6.06. The van der Waals surface area contributed by atoms with Crippen LogP contribution in [-0.2, 0) is 0 Å². The summed E-state index contributed by atoms with van der Waals surface area (Å²) in [4.78, 5) is 19.4. The summed E-state index contributed by atoms with van der Waals surface area (Å²) >= 11 is 0. The lowest BCUT2D eigenvalue weighted by Gasteiger charge is -2.32. The van der Waals surface area contributed by atoms with E-state index in [1.165, 1.54) is 25.8 Å². The summed E-state index contributed by atoms with van der Waals surface area (Å²) < 4.78 is 1.89. The topological polar surface area (TPSA) is 49.6 Å². The maximum absolute atomic E-state index is 12.4. The quantitative estimate of drug-likeness (QED) is 0.913. The number of rotatable bonds is 2. The molecule has 2 fully saturated rings. The number of pyridine rings is 1. The van der Waals surface area contributed by atoms with E-state index in [1.54, 1.807) is 6.20 Å². The van der Waals surface area contributed by atoms with E-state index < -0.39 is 0 Å². The average molecular weight is 284 g/mol. The smallest absolute Gasteiger partial charge is 0.271 e. The Bertz CT molecular complexity index is 632. The minimum absolute atomic E-state index is 0.0453. The van der Waals surface area contributed by atoms with Crippen LogP contribution in [-0.4, -0.2) is 45.4 Å². The standard InChI is InChI=1S/C16H20N4O/c21-16(13-11-20-9-4-2-6-15(20)17-13)18-12-7-10-19-8-3-1-5-14(12)19/h2,4,6,9,11-12,14H,1,3,5,7-8,10H2,(H,18,21)/t12-,14-/m0/s1. The summed E-state index contributed by atoms with van der Waals surface area (Å²) in [6.45, 7) is 2.30. The summed E-state index contributed by atoms with van der Waals surface area (Å²) in [5.74, 6) is -0.0453. The maximum atomic E-state index is 12.4. The number of carbonyl (C=O) groups is 1. The fourth-order valence-corrected chi connectivity index (χ4v) is 3.70. The zero-order valence-electron chi connectivity index (χ0n) is 12.0.